The predicted octanol–water partition coefficient (Wildman–Crippen LogP) is 3.65. The lowest BCUT2D eigenvalue weighted by Gasteiger charge is -2.16. The standard InChI is InChI=1S/C18H22O2/c1-10-6-11(2)16(12(3)7-10)17-15(19)9-14(18(17)20)8-13-4-5-13/h6-7,13-14,17H,4-5,8-9H2,1-3H3. The van der Waals surface area contributed by atoms with Crippen LogP contribution in [0.15, 0.2) is 12.1 Å². The highest BCUT2D eigenvalue weighted by Gasteiger charge is 2.44. The summed E-state index contributed by atoms with van der Waals surface area (Å²) >= 11 is 0. The van der Waals surface area contributed by atoms with Crippen LogP contribution in [0, 0.1) is 32.6 Å². The Morgan fingerprint density at radius 3 is 2.20 bits per heavy atom. The molecule has 2 atom stereocenters. The van der Waals surface area contributed by atoms with Crippen LogP contribution in [-0.4, -0.2) is 11.6 Å². The van der Waals surface area contributed by atoms with Crippen LogP contribution in [0.25, 0.3) is 0 Å². The van der Waals surface area contributed by atoms with Crippen LogP contribution in [0.5, 0.6) is 0 Å². The van der Waals surface area contributed by atoms with E-state index in [9.17, 15) is 9.59 Å². The summed E-state index contributed by atoms with van der Waals surface area (Å²) in [7, 11) is 0. The average molecular weight is 270 g/mol. The third-order valence-corrected chi connectivity index (χ3v) is 4.80. The van der Waals surface area contributed by atoms with Gasteiger partial charge in [0.1, 0.15) is 11.7 Å². The highest BCUT2D eigenvalue weighted by atomic mass is 16.2. The van der Waals surface area contributed by atoms with E-state index >= 15 is 0 Å². The maximum atomic E-state index is 12.6. The van der Waals surface area contributed by atoms with Crippen LogP contribution in [0.1, 0.15) is 53.9 Å². The maximum absolute atomic E-state index is 12.6. The van der Waals surface area contributed by atoms with Gasteiger partial charge < -0.3 is 0 Å². The fourth-order valence-electron chi connectivity index (χ4n) is 3.76. The zero-order chi connectivity index (χ0) is 14.4. The Morgan fingerprint density at radius 2 is 1.65 bits per heavy atom. The molecule has 2 aliphatic carbocycles. The first-order valence-electron chi connectivity index (χ1n) is 7.61. The van der Waals surface area contributed by atoms with E-state index in [1.165, 1.54) is 18.4 Å². The van der Waals surface area contributed by atoms with Gasteiger partial charge in [0.15, 0.2) is 5.78 Å². The van der Waals surface area contributed by atoms with Crippen molar-refractivity contribution in [1.29, 1.82) is 0 Å². The molecule has 3 rings (SSSR count). The molecule has 2 aliphatic rings. The number of carbonyl (C=O) groups excluding carboxylic acids is 2. The summed E-state index contributed by atoms with van der Waals surface area (Å²) in [6.07, 6.45) is 3.88. The van der Waals surface area contributed by atoms with Gasteiger partial charge >= 0.3 is 0 Å². The van der Waals surface area contributed by atoms with Crippen molar-refractivity contribution >= 4 is 11.6 Å². The van der Waals surface area contributed by atoms with E-state index in [4.69, 9.17) is 0 Å². The summed E-state index contributed by atoms with van der Waals surface area (Å²) in [6, 6.07) is 4.16. The van der Waals surface area contributed by atoms with E-state index in [0.717, 1.165) is 23.1 Å². The number of hydrogen-bond donors (Lipinski definition) is 0. The van der Waals surface area contributed by atoms with E-state index in [0.29, 0.717) is 12.3 Å². The molecule has 0 spiro atoms. The number of benzene rings is 1. The molecule has 0 N–H and O–H groups in total. The lowest BCUT2D eigenvalue weighted by atomic mass is 9.86. The van der Waals surface area contributed by atoms with Crippen molar-refractivity contribution < 1.29 is 9.59 Å². The van der Waals surface area contributed by atoms with Crippen LogP contribution in [-0.2, 0) is 9.59 Å². The zero-order valence-corrected chi connectivity index (χ0v) is 12.5. The summed E-state index contributed by atoms with van der Waals surface area (Å²) in [6.45, 7) is 6.09. The first-order chi connectivity index (χ1) is 9.47. The molecule has 0 amide bonds. The number of hydrogen-bond acceptors (Lipinski definition) is 2. The first-order valence-corrected chi connectivity index (χ1v) is 7.61. The summed E-state index contributed by atoms with van der Waals surface area (Å²) in [5, 5.41) is 0. The highest BCUT2D eigenvalue weighted by molar-refractivity contribution is 6.15. The van der Waals surface area contributed by atoms with Crippen molar-refractivity contribution in [3.05, 3.63) is 34.4 Å². The van der Waals surface area contributed by atoms with Crippen LogP contribution >= 0.6 is 0 Å². The van der Waals surface area contributed by atoms with Crippen molar-refractivity contribution in [2.45, 2.75) is 52.4 Å². The maximum Gasteiger partial charge on any atom is 0.151 e. The Balaban J connectivity index is 1.93. The second kappa shape index (κ2) is 4.83. The Labute approximate surface area is 120 Å². The second-order valence-corrected chi connectivity index (χ2v) is 6.69. The normalized spacial score (nSPS) is 26.4. The Kier molecular flexibility index (Phi) is 3.27. The number of rotatable bonds is 3. The molecule has 2 unspecified atom stereocenters. The van der Waals surface area contributed by atoms with Crippen molar-refractivity contribution in [2.24, 2.45) is 11.8 Å². The average Bonchev–Trinajstić information content (AvgIpc) is 3.11. The van der Waals surface area contributed by atoms with Crippen LogP contribution in [0.4, 0.5) is 0 Å². The molecule has 0 saturated heterocycles. The number of ketones is 2. The van der Waals surface area contributed by atoms with Gasteiger partial charge in [0.05, 0.1) is 0 Å². The molecule has 20 heavy (non-hydrogen) atoms. The van der Waals surface area contributed by atoms with E-state index in [2.05, 4.69) is 19.1 Å². The molecule has 0 heterocycles. The number of aryl methyl sites for hydroxylation is 3. The van der Waals surface area contributed by atoms with E-state index in [-0.39, 0.29) is 17.5 Å². The monoisotopic (exact) mass is 270 g/mol. The predicted molar refractivity (Wildman–Crippen MR) is 78.9 cm³/mol. The van der Waals surface area contributed by atoms with Gasteiger partial charge in [0.25, 0.3) is 0 Å². The smallest absolute Gasteiger partial charge is 0.151 e. The van der Waals surface area contributed by atoms with Crippen molar-refractivity contribution in [3.8, 4) is 0 Å². The third kappa shape index (κ3) is 2.32. The van der Waals surface area contributed by atoms with Crippen LogP contribution in [0.3, 0.4) is 0 Å². The molecule has 2 heteroatoms. The highest BCUT2D eigenvalue weighted by Crippen LogP contribution is 2.43. The van der Waals surface area contributed by atoms with Crippen molar-refractivity contribution in [3.63, 3.8) is 0 Å². The summed E-state index contributed by atoms with van der Waals surface area (Å²) in [5.74, 6) is 0.517. The molecule has 0 aromatic heterocycles. The Morgan fingerprint density at radius 1 is 1.05 bits per heavy atom. The van der Waals surface area contributed by atoms with Crippen LogP contribution in [0.2, 0.25) is 0 Å². The summed E-state index contributed by atoms with van der Waals surface area (Å²) in [5.41, 5.74) is 4.34. The topological polar surface area (TPSA) is 34.1 Å². The minimum absolute atomic E-state index is 0.0138. The van der Waals surface area contributed by atoms with Crippen molar-refractivity contribution in [2.75, 3.05) is 0 Å². The second-order valence-electron chi connectivity index (χ2n) is 6.69. The van der Waals surface area contributed by atoms with E-state index in [1.807, 2.05) is 13.8 Å². The van der Waals surface area contributed by atoms with Gasteiger partial charge in [0.2, 0.25) is 0 Å². The molecular weight excluding hydrogens is 248 g/mol. The fraction of sp³-hybridized carbons (Fsp3) is 0.556. The van der Waals surface area contributed by atoms with Gasteiger partial charge in [-0.1, -0.05) is 30.5 Å². The lowest BCUT2D eigenvalue weighted by molar-refractivity contribution is -0.124. The van der Waals surface area contributed by atoms with Gasteiger partial charge in [0, 0.05) is 12.3 Å². The largest absolute Gasteiger partial charge is 0.298 e. The first kappa shape index (κ1) is 13.5. The lowest BCUT2D eigenvalue weighted by Crippen LogP contribution is -2.18. The number of carbonyl (C=O) groups is 2. The molecule has 0 bridgehead atoms. The molecule has 1 aromatic rings. The van der Waals surface area contributed by atoms with Gasteiger partial charge in [-0.3, -0.25) is 9.59 Å². The van der Waals surface area contributed by atoms with E-state index in [1.54, 1.807) is 0 Å². The molecule has 2 nitrogen and oxygen atoms in total. The fourth-order valence-corrected chi connectivity index (χ4v) is 3.76. The minimum atomic E-state index is -0.487. The van der Waals surface area contributed by atoms with Gasteiger partial charge in [-0.05, 0) is 49.8 Å². The van der Waals surface area contributed by atoms with Gasteiger partial charge in [-0.2, -0.15) is 0 Å². The molecule has 0 radical (unpaired) electrons. The molecule has 1 aromatic carbocycles. The quantitative estimate of drug-likeness (QED) is 0.786. The molecular formula is C18H22O2. The zero-order valence-electron chi connectivity index (χ0n) is 12.5. The van der Waals surface area contributed by atoms with Gasteiger partial charge in [-0.15, -0.1) is 0 Å². The summed E-state index contributed by atoms with van der Waals surface area (Å²) in [4.78, 5) is 25.0. The SMILES string of the molecule is Cc1cc(C)c(C2C(=O)CC(CC3CC3)C2=O)c(C)c1. The molecule has 2 fully saturated rings. The molecule has 2 saturated carbocycles. The van der Waals surface area contributed by atoms with Gasteiger partial charge in [-0.25, -0.2) is 0 Å². The van der Waals surface area contributed by atoms with Crippen LogP contribution < -0.4 is 0 Å². The minimum Gasteiger partial charge on any atom is -0.298 e. The number of Topliss-reactive ketones (excluding diaryl/α,β-unsaturated/α-hetero) is 2. The molecule has 106 valence electrons. The molecule has 0 aliphatic heterocycles. The van der Waals surface area contributed by atoms with E-state index < -0.39 is 5.92 Å². The Hall–Kier alpha value is -1.44. The van der Waals surface area contributed by atoms with Crippen molar-refractivity contribution in [1.82, 2.24) is 0 Å². The Bertz CT molecular complexity index is 558. The summed E-state index contributed by atoms with van der Waals surface area (Å²) < 4.78 is 0. The third-order valence-electron chi connectivity index (χ3n) is 4.80.